The molecule has 3 heteroatoms. The number of nitrogens with zero attached hydrogens (tertiary/aromatic N) is 1. The highest BCUT2D eigenvalue weighted by molar-refractivity contribution is 6.16. The zero-order valence-electron chi connectivity index (χ0n) is 40.3. The van der Waals surface area contributed by atoms with Gasteiger partial charge in [0, 0.05) is 44.4 Å². The van der Waals surface area contributed by atoms with Crippen LogP contribution in [0.25, 0.3) is 88.7 Å². The number of hydrogen-bond donors (Lipinski definition) is 0. The molecule has 1 aliphatic heterocycles. The Kier molecular flexibility index (Phi) is 8.16. The average molecular weight is 932 g/mol. The van der Waals surface area contributed by atoms with E-state index >= 15 is 0 Å². The number of ether oxygens (including phenoxy) is 1. The lowest BCUT2D eigenvalue weighted by Crippen LogP contribution is -2.29. The Hall–Kier alpha value is -9.18. The van der Waals surface area contributed by atoms with E-state index < -0.39 is 5.41 Å². The van der Waals surface area contributed by atoms with Crippen LogP contribution in [-0.2, 0) is 10.8 Å². The molecule has 16 rings (SSSR count). The fraction of sp³-hybridized carbons (Fsp3) is 0.0571. The minimum absolute atomic E-state index is 0.203. The fourth-order valence-electron chi connectivity index (χ4n) is 13.6. The van der Waals surface area contributed by atoms with Crippen molar-refractivity contribution in [3.05, 3.63) is 270 Å². The molecule has 1 spiro atoms. The van der Waals surface area contributed by atoms with Gasteiger partial charge in [0.25, 0.3) is 0 Å². The summed E-state index contributed by atoms with van der Waals surface area (Å²) in [6.07, 6.45) is 0. The molecule has 12 aromatic rings. The predicted octanol–water partition coefficient (Wildman–Crippen LogP) is 18.8. The van der Waals surface area contributed by atoms with E-state index in [1.165, 1.54) is 77.9 Å². The highest BCUT2D eigenvalue weighted by atomic mass is 16.5. The van der Waals surface area contributed by atoms with E-state index in [0.717, 1.165) is 72.8 Å². The fourth-order valence-corrected chi connectivity index (χ4v) is 13.6. The van der Waals surface area contributed by atoms with Crippen LogP contribution >= 0.6 is 0 Å². The summed E-state index contributed by atoms with van der Waals surface area (Å²) in [7, 11) is 0. The Labute approximate surface area is 423 Å². The summed E-state index contributed by atoms with van der Waals surface area (Å²) >= 11 is 0. The molecule has 11 aromatic carbocycles. The summed E-state index contributed by atoms with van der Waals surface area (Å²) in [6.45, 7) is 4.74. The standard InChI is InChI=1S/C70H45NO2/c1-69(2)57-26-12-7-22-50(57)52-35-32-43(40-61(52)69)71(42-33-37-65-56(39-42)48-20-6-5-19-47(48)53-23-10-15-29-63(53)72-65)44-31-34-51-46-18-4-3-17-45(46)49-21-8-13-27-58(49)70(62(51)41-44)59-28-14-9-24-54(59)67-60(70)36-38-66-68(67)55-25-11-16-30-64(55)73-66/h3-41H,1-2H3. The minimum atomic E-state index is -0.723. The molecule has 0 N–H and O–H groups in total. The number of hydrogen-bond acceptors (Lipinski definition) is 3. The maximum Gasteiger partial charge on any atom is 0.136 e. The molecule has 0 amide bonds. The van der Waals surface area contributed by atoms with E-state index in [2.05, 4.69) is 255 Å². The van der Waals surface area contributed by atoms with Crippen molar-refractivity contribution in [2.75, 3.05) is 4.90 Å². The zero-order chi connectivity index (χ0) is 48.2. The second-order valence-electron chi connectivity index (χ2n) is 20.6. The Bertz CT molecular complexity index is 4360. The first-order valence-corrected chi connectivity index (χ1v) is 25.4. The quantitative estimate of drug-likeness (QED) is 0.177. The van der Waals surface area contributed by atoms with Crippen molar-refractivity contribution in [3.8, 4) is 78.3 Å². The third kappa shape index (κ3) is 5.38. The van der Waals surface area contributed by atoms with Gasteiger partial charge in [0.1, 0.15) is 22.7 Å². The first kappa shape index (κ1) is 40.5. The predicted molar refractivity (Wildman–Crippen MR) is 299 cm³/mol. The molecule has 1 aromatic heterocycles. The van der Waals surface area contributed by atoms with Gasteiger partial charge < -0.3 is 14.1 Å². The molecule has 2 heterocycles. The summed E-state index contributed by atoms with van der Waals surface area (Å²) in [4.78, 5) is 2.49. The van der Waals surface area contributed by atoms with Gasteiger partial charge in [0.05, 0.1) is 5.41 Å². The Morgan fingerprint density at radius 1 is 0.315 bits per heavy atom. The summed E-state index contributed by atoms with van der Waals surface area (Å²) in [5, 5.41) is 2.29. The lowest BCUT2D eigenvalue weighted by molar-refractivity contribution is 0.488. The van der Waals surface area contributed by atoms with E-state index in [4.69, 9.17) is 9.15 Å². The van der Waals surface area contributed by atoms with Crippen molar-refractivity contribution in [1.82, 2.24) is 0 Å². The molecule has 4 aliphatic rings. The summed E-state index contributed by atoms with van der Waals surface area (Å²) in [5.74, 6) is 1.69. The van der Waals surface area contributed by atoms with E-state index in [1.54, 1.807) is 0 Å². The Morgan fingerprint density at radius 3 is 1.52 bits per heavy atom. The molecule has 1 atom stereocenters. The Morgan fingerprint density at radius 2 is 0.795 bits per heavy atom. The van der Waals surface area contributed by atoms with Gasteiger partial charge in [-0.25, -0.2) is 0 Å². The third-order valence-corrected chi connectivity index (χ3v) is 16.7. The highest BCUT2D eigenvalue weighted by Crippen LogP contribution is 2.64. The van der Waals surface area contributed by atoms with E-state index in [0.29, 0.717) is 0 Å². The van der Waals surface area contributed by atoms with E-state index in [-0.39, 0.29) is 5.41 Å². The number of anilines is 3. The van der Waals surface area contributed by atoms with Gasteiger partial charge >= 0.3 is 0 Å². The molecule has 1 unspecified atom stereocenters. The number of benzene rings is 11. The second-order valence-corrected chi connectivity index (χ2v) is 20.6. The van der Waals surface area contributed by atoms with Crippen LogP contribution in [0.4, 0.5) is 17.1 Å². The SMILES string of the molecule is CC1(C)c2ccccc2-c2ccc(N(c3ccc4c(c3)-c3ccccc3-c3ccccc3O4)c3ccc4c(c3)C3(c5ccccc5-c5ccccc5-4)c4ccccc4-c4c3ccc3oc5ccccc5c43)cc21. The monoisotopic (exact) mass is 931 g/mol. The lowest BCUT2D eigenvalue weighted by Gasteiger charge is -2.36. The van der Waals surface area contributed by atoms with Crippen molar-refractivity contribution in [3.63, 3.8) is 0 Å². The third-order valence-electron chi connectivity index (χ3n) is 16.7. The first-order valence-electron chi connectivity index (χ1n) is 25.4. The lowest BCUT2D eigenvalue weighted by atomic mass is 9.65. The maximum absolute atomic E-state index is 6.87. The average Bonchev–Trinajstić information content (AvgIpc) is 4.07. The van der Waals surface area contributed by atoms with Gasteiger partial charge in [-0.15, -0.1) is 0 Å². The minimum Gasteiger partial charge on any atom is -0.456 e. The van der Waals surface area contributed by atoms with Crippen LogP contribution in [0.15, 0.2) is 241 Å². The van der Waals surface area contributed by atoms with Crippen LogP contribution in [0, 0.1) is 0 Å². The highest BCUT2D eigenvalue weighted by Gasteiger charge is 2.51. The van der Waals surface area contributed by atoms with Crippen molar-refractivity contribution in [2.45, 2.75) is 24.7 Å². The molecule has 0 fully saturated rings. The van der Waals surface area contributed by atoms with Gasteiger partial charge in [-0.3, -0.25) is 0 Å². The molecule has 3 aliphatic carbocycles. The molecule has 3 nitrogen and oxygen atoms in total. The van der Waals surface area contributed by atoms with E-state index in [1.807, 2.05) is 0 Å². The maximum atomic E-state index is 6.87. The summed E-state index contributed by atoms with van der Waals surface area (Å²) < 4.78 is 13.5. The molecule has 73 heavy (non-hydrogen) atoms. The van der Waals surface area contributed by atoms with Crippen molar-refractivity contribution >= 4 is 39.0 Å². The van der Waals surface area contributed by atoms with Crippen molar-refractivity contribution in [1.29, 1.82) is 0 Å². The van der Waals surface area contributed by atoms with Gasteiger partial charge in [0.15, 0.2) is 0 Å². The number of para-hydroxylation sites is 2. The molecule has 0 saturated heterocycles. The van der Waals surface area contributed by atoms with Gasteiger partial charge in [-0.1, -0.05) is 190 Å². The molecule has 0 bridgehead atoms. The van der Waals surface area contributed by atoms with Crippen LogP contribution in [0.3, 0.4) is 0 Å². The van der Waals surface area contributed by atoms with Crippen molar-refractivity contribution in [2.24, 2.45) is 0 Å². The number of furan rings is 1. The van der Waals surface area contributed by atoms with Crippen LogP contribution in [0.5, 0.6) is 11.5 Å². The molecular formula is C70H45NO2. The molecule has 0 radical (unpaired) electrons. The molecule has 342 valence electrons. The second kappa shape index (κ2) is 14.7. The van der Waals surface area contributed by atoms with E-state index in [9.17, 15) is 0 Å². The topological polar surface area (TPSA) is 25.6 Å². The number of rotatable bonds is 3. The van der Waals surface area contributed by atoms with Crippen LogP contribution in [0.2, 0.25) is 0 Å². The summed E-state index contributed by atoms with van der Waals surface area (Å²) in [6, 6.07) is 87.6. The summed E-state index contributed by atoms with van der Waals surface area (Å²) in [5.41, 5.74) is 26.1. The Balaban J connectivity index is 1.01. The smallest absolute Gasteiger partial charge is 0.136 e. The molecular weight excluding hydrogens is 887 g/mol. The van der Waals surface area contributed by atoms with Crippen molar-refractivity contribution < 1.29 is 9.15 Å². The van der Waals surface area contributed by atoms with Crippen LogP contribution in [-0.4, -0.2) is 0 Å². The normalized spacial score (nSPS) is 15.5. The molecule has 0 saturated carbocycles. The first-order chi connectivity index (χ1) is 36.0. The van der Waals surface area contributed by atoms with Crippen LogP contribution in [0.1, 0.15) is 47.2 Å². The van der Waals surface area contributed by atoms with Crippen LogP contribution < -0.4 is 9.64 Å². The van der Waals surface area contributed by atoms with Gasteiger partial charge in [-0.2, -0.15) is 0 Å². The van der Waals surface area contributed by atoms with Gasteiger partial charge in [-0.05, 0) is 150 Å². The largest absolute Gasteiger partial charge is 0.456 e. The number of fused-ring (bicyclic) bond motifs is 24. The zero-order valence-corrected chi connectivity index (χ0v) is 40.3. The van der Waals surface area contributed by atoms with Gasteiger partial charge in [0.2, 0.25) is 0 Å².